The van der Waals surface area contributed by atoms with Crippen LogP contribution < -0.4 is 0 Å². The van der Waals surface area contributed by atoms with Gasteiger partial charge in [0, 0.05) is 51.4 Å². The first-order valence-corrected chi connectivity index (χ1v) is 10.5. The van der Waals surface area contributed by atoms with Gasteiger partial charge in [0.25, 0.3) is 0 Å². The summed E-state index contributed by atoms with van der Waals surface area (Å²) in [6.45, 7) is 4.95. The van der Waals surface area contributed by atoms with Crippen LogP contribution in [0.4, 0.5) is 0 Å². The van der Waals surface area contributed by atoms with E-state index in [1.54, 1.807) is 0 Å². The zero-order chi connectivity index (χ0) is 18.8. The highest BCUT2D eigenvalue weighted by Crippen LogP contribution is 2.31. The van der Waals surface area contributed by atoms with E-state index >= 15 is 0 Å². The van der Waals surface area contributed by atoms with Crippen LogP contribution in [0.25, 0.3) is 0 Å². The van der Waals surface area contributed by atoms with Crippen molar-refractivity contribution in [3.8, 4) is 0 Å². The Morgan fingerprint density at radius 1 is 0.926 bits per heavy atom. The number of carbonyl (C=O) groups is 2. The van der Waals surface area contributed by atoms with E-state index < -0.39 is 0 Å². The molecule has 0 radical (unpaired) electrons. The molecule has 27 heavy (non-hydrogen) atoms. The molecule has 2 saturated heterocycles. The fourth-order valence-electron chi connectivity index (χ4n) is 4.56. The van der Waals surface area contributed by atoms with Crippen LogP contribution in [-0.2, 0) is 16.0 Å². The van der Waals surface area contributed by atoms with Crippen LogP contribution in [0.3, 0.4) is 0 Å². The van der Waals surface area contributed by atoms with E-state index in [2.05, 4.69) is 10.1 Å². The van der Waals surface area contributed by atoms with Gasteiger partial charge < -0.3 is 14.3 Å². The first-order valence-electron chi connectivity index (χ1n) is 10.5. The summed E-state index contributed by atoms with van der Waals surface area (Å²) >= 11 is 0. The van der Waals surface area contributed by atoms with Crippen LogP contribution in [0.5, 0.6) is 0 Å². The second kappa shape index (κ2) is 7.98. The average molecular weight is 374 g/mol. The minimum absolute atomic E-state index is 0.0897. The molecule has 1 saturated carbocycles. The van der Waals surface area contributed by atoms with Crippen molar-refractivity contribution in [2.75, 3.05) is 26.2 Å². The molecule has 7 nitrogen and oxygen atoms in total. The van der Waals surface area contributed by atoms with Crippen LogP contribution in [0, 0.1) is 24.7 Å². The zero-order valence-electron chi connectivity index (χ0n) is 16.2. The second-order valence-corrected chi connectivity index (χ2v) is 8.43. The number of aromatic nitrogens is 2. The van der Waals surface area contributed by atoms with Crippen molar-refractivity contribution >= 4 is 11.8 Å². The van der Waals surface area contributed by atoms with E-state index in [4.69, 9.17) is 4.52 Å². The van der Waals surface area contributed by atoms with Gasteiger partial charge in [-0.1, -0.05) is 11.6 Å². The molecule has 2 aliphatic heterocycles. The largest absolute Gasteiger partial charge is 0.342 e. The summed E-state index contributed by atoms with van der Waals surface area (Å²) in [5.41, 5.74) is 0. The predicted octanol–water partition coefficient (Wildman–Crippen LogP) is 2.20. The summed E-state index contributed by atoms with van der Waals surface area (Å²) < 4.78 is 5.04. The molecule has 2 amide bonds. The Hall–Kier alpha value is -1.92. The molecule has 0 spiro atoms. The number of hydrogen-bond donors (Lipinski definition) is 0. The molecule has 0 bridgehead atoms. The molecule has 3 fully saturated rings. The molecule has 1 aromatic rings. The van der Waals surface area contributed by atoms with Gasteiger partial charge in [0.05, 0.1) is 0 Å². The Labute approximate surface area is 160 Å². The van der Waals surface area contributed by atoms with Crippen LogP contribution in [0.15, 0.2) is 4.52 Å². The van der Waals surface area contributed by atoms with Crippen molar-refractivity contribution in [1.29, 1.82) is 0 Å². The maximum absolute atomic E-state index is 12.9. The lowest BCUT2D eigenvalue weighted by molar-refractivity contribution is -0.144. The molecule has 4 rings (SSSR count). The maximum Gasteiger partial charge on any atom is 0.225 e. The molecule has 0 atom stereocenters. The lowest BCUT2D eigenvalue weighted by Gasteiger charge is -2.39. The molecule has 148 valence electrons. The van der Waals surface area contributed by atoms with Crippen molar-refractivity contribution in [3.05, 3.63) is 11.7 Å². The molecule has 0 aromatic carbocycles. The van der Waals surface area contributed by atoms with E-state index in [-0.39, 0.29) is 11.8 Å². The fourth-order valence-corrected chi connectivity index (χ4v) is 4.56. The van der Waals surface area contributed by atoms with Crippen LogP contribution in [-0.4, -0.2) is 57.9 Å². The molecule has 1 aliphatic carbocycles. The molecular formula is C20H30N4O3. The Morgan fingerprint density at radius 2 is 1.48 bits per heavy atom. The number of aryl methyl sites for hydroxylation is 1. The van der Waals surface area contributed by atoms with Crippen molar-refractivity contribution in [2.24, 2.45) is 17.8 Å². The van der Waals surface area contributed by atoms with E-state index in [0.717, 1.165) is 76.9 Å². The van der Waals surface area contributed by atoms with Crippen molar-refractivity contribution in [3.63, 3.8) is 0 Å². The van der Waals surface area contributed by atoms with Gasteiger partial charge >= 0.3 is 0 Å². The van der Waals surface area contributed by atoms with Gasteiger partial charge in [-0.05, 0) is 44.4 Å². The molecule has 0 N–H and O–H groups in total. The summed E-state index contributed by atoms with van der Waals surface area (Å²) in [6.07, 6.45) is 7.76. The highest BCUT2D eigenvalue weighted by molar-refractivity contribution is 5.81. The smallest absolute Gasteiger partial charge is 0.225 e. The summed E-state index contributed by atoms with van der Waals surface area (Å²) in [4.78, 5) is 33.6. The summed E-state index contributed by atoms with van der Waals surface area (Å²) in [5.74, 6) is 2.88. The maximum atomic E-state index is 12.9. The molecule has 3 heterocycles. The topological polar surface area (TPSA) is 79.5 Å². The lowest BCUT2D eigenvalue weighted by Crippen LogP contribution is -2.48. The third kappa shape index (κ3) is 4.17. The van der Waals surface area contributed by atoms with E-state index in [1.807, 2.05) is 16.7 Å². The average Bonchev–Trinajstić information content (AvgIpc) is 3.05. The number of piperidine rings is 2. The number of rotatable bonds is 4. The van der Waals surface area contributed by atoms with Gasteiger partial charge in [0.2, 0.25) is 17.7 Å². The molecule has 7 heteroatoms. The third-order valence-corrected chi connectivity index (χ3v) is 6.58. The minimum atomic E-state index is 0.0897. The number of hydrogen-bond acceptors (Lipinski definition) is 5. The van der Waals surface area contributed by atoms with E-state index in [1.165, 1.54) is 6.42 Å². The van der Waals surface area contributed by atoms with Gasteiger partial charge in [-0.2, -0.15) is 4.98 Å². The second-order valence-electron chi connectivity index (χ2n) is 8.43. The fraction of sp³-hybridized carbons (Fsp3) is 0.800. The third-order valence-electron chi connectivity index (χ3n) is 6.58. The molecule has 1 aromatic heterocycles. The number of carbonyl (C=O) groups excluding carboxylic acids is 2. The first-order chi connectivity index (χ1) is 13.1. The van der Waals surface area contributed by atoms with Crippen molar-refractivity contribution in [2.45, 2.75) is 58.3 Å². The highest BCUT2D eigenvalue weighted by Gasteiger charge is 2.35. The number of amides is 2. The number of nitrogens with zero attached hydrogens (tertiary/aromatic N) is 4. The monoisotopic (exact) mass is 374 g/mol. The van der Waals surface area contributed by atoms with E-state index in [0.29, 0.717) is 23.6 Å². The SMILES string of the molecule is Cc1nc(CC2CCN(C(=O)C3CCN(C(=O)C4CCC4)CC3)CC2)no1. The molecule has 0 unspecified atom stereocenters. The first kappa shape index (κ1) is 18.4. The summed E-state index contributed by atoms with van der Waals surface area (Å²) in [5, 5.41) is 3.98. The van der Waals surface area contributed by atoms with Gasteiger partial charge in [-0.15, -0.1) is 0 Å². The van der Waals surface area contributed by atoms with Gasteiger partial charge in [-0.3, -0.25) is 9.59 Å². The Morgan fingerprint density at radius 3 is 1.96 bits per heavy atom. The van der Waals surface area contributed by atoms with Gasteiger partial charge in [-0.25, -0.2) is 0 Å². The standard InChI is InChI=1S/C20H30N4O3/c1-14-21-18(22-27-14)13-15-5-9-23(10-6-15)20(26)17-7-11-24(12-8-17)19(25)16-3-2-4-16/h15-17H,2-13H2,1H3. The van der Waals surface area contributed by atoms with Crippen LogP contribution in [0.2, 0.25) is 0 Å². The van der Waals surface area contributed by atoms with Gasteiger partial charge in [0.1, 0.15) is 0 Å². The van der Waals surface area contributed by atoms with Crippen LogP contribution in [0.1, 0.15) is 56.7 Å². The van der Waals surface area contributed by atoms with Crippen molar-refractivity contribution in [1.82, 2.24) is 19.9 Å². The highest BCUT2D eigenvalue weighted by atomic mass is 16.5. The van der Waals surface area contributed by atoms with Gasteiger partial charge in [0.15, 0.2) is 5.82 Å². The zero-order valence-corrected chi connectivity index (χ0v) is 16.2. The predicted molar refractivity (Wildman–Crippen MR) is 98.7 cm³/mol. The quantitative estimate of drug-likeness (QED) is 0.807. The van der Waals surface area contributed by atoms with Crippen LogP contribution >= 0.6 is 0 Å². The lowest BCUT2D eigenvalue weighted by atomic mass is 9.83. The Bertz CT molecular complexity index is 669. The van der Waals surface area contributed by atoms with Crippen molar-refractivity contribution < 1.29 is 14.1 Å². The normalized spacial score (nSPS) is 22.7. The number of likely N-dealkylation sites (tertiary alicyclic amines) is 2. The minimum Gasteiger partial charge on any atom is -0.342 e. The summed E-state index contributed by atoms with van der Waals surface area (Å²) in [7, 11) is 0. The summed E-state index contributed by atoms with van der Waals surface area (Å²) in [6, 6.07) is 0. The molecular weight excluding hydrogens is 344 g/mol. The Balaban J connectivity index is 1.21. The Kier molecular flexibility index (Phi) is 5.45. The molecule has 3 aliphatic rings. The van der Waals surface area contributed by atoms with E-state index in [9.17, 15) is 9.59 Å².